The van der Waals surface area contributed by atoms with Crippen LogP contribution in [0.1, 0.15) is 90.3 Å². The van der Waals surface area contributed by atoms with Gasteiger partial charge in [0.2, 0.25) is 5.91 Å². The van der Waals surface area contributed by atoms with Crippen LogP contribution in [0.5, 0.6) is 5.75 Å². The van der Waals surface area contributed by atoms with Gasteiger partial charge in [0, 0.05) is 23.5 Å². The number of aryl methyl sites for hydroxylation is 1. The lowest BCUT2D eigenvalue weighted by Gasteiger charge is -2.37. The number of amides is 2. The summed E-state index contributed by atoms with van der Waals surface area (Å²) in [6, 6.07) is 18.0. The van der Waals surface area contributed by atoms with Crippen molar-refractivity contribution in [3.63, 3.8) is 0 Å². The lowest BCUT2D eigenvalue weighted by atomic mass is 9.93. The second-order valence-electron chi connectivity index (χ2n) is 10.4. The Bertz CT molecular complexity index is 1200. The molecule has 1 aromatic heterocycles. The molecule has 5 nitrogen and oxygen atoms in total. The summed E-state index contributed by atoms with van der Waals surface area (Å²) in [5.41, 5.74) is 4.16. The molecular formula is C33H42N2O3S. The Hall–Kier alpha value is -3.12. The average molecular weight is 547 g/mol. The summed E-state index contributed by atoms with van der Waals surface area (Å²) in [5.74, 6) is 0.717. The van der Waals surface area contributed by atoms with Crippen LogP contribution in [0.2, 0.25) is 0 Å². The third kappa shape index (κ3) is 7.30. The highest BCUT2D eigenvalue weighted by molar-refractivity contribution is 7.10. The van der Waals surface area contributed by atoms with Crippen LogP contribution in [0.3, 0.4) is 0 Å². The van der Waals surface area contributed by atoms with E-state index in [0.29, 0.717) is 18.7 Å². The molecule has 0 N–H and O–H groups in total. The predicted molar refractivity (Wildman–Crippen MR) is 160 cm³/mol. The molecule has 1 aliphatic heterocycles. The van der Waals surface area contributed by atoms with Gasteiger partial charge in [0.05, 0.1) is 13.2 Å². The van der Waals surface area contributed by atoms with E-state index in [9.17, 15) is 9.59 Å². The normalized spacial score (nSPS) is 14.6. The van der Waals surface area contributed by atoms with Crippen molar-refractivity contribution >= 4 is 23.2 Å². The summed E-state index contributed by atoms with van der Waals surface area (Å²) in [4.78, 5) is 32.5. The largest absolute Gasteiger partial charge is 0.497 e. The van der Waals surface area contributed by atoms with Gasteiger partial charge in [-0.25, -0.2) is 0 Å². The number of hydrogen-bond donors (Lipinski definition) is 0. The van der Waals surface area contributed by atoms with Crippen molar-refractivity contribution in [3.05, 3.63) is 87.1 Å². The van der Waals surface area contributed by atoms with E-state index in [0.717, 1.165) is 37.0 Å². The van der Waals surface area contributed by atoms with E-state index < -0.39 is 0 Å². The maximum atomic E-state index is 13.9. The summed E-state index contributed by atoms with van der Waals surface area (Å²) in [5, 5.41) is 2.11. The molecule has 0 saturated heterocycles. The molecule has 1 unspecified atom stereocenters. The van der Waals surface area contributed by atoms with Crippen LogP contribution in [0.4, 0.5) is 0 Å². The predicted octanol–water partition coefficient (Wildman–Crippen LogP) is 7.30. The number of carbonyl (C=O) groups excluding carboxylic acids is 2. The molecule has 0 radical (unpaired) electrons. The number of ether oxygens (including phenoxy) is 1. The molecule has 6 heteroatoms. The Morgan fingerprint density at radius 1 is 0.949 bits per heavy atom. The molecule has 0 bridgehead atoms. The molecule has 3 aromatic rings. The minimum absolute atomic E-state index is 0.00957. The molecule has 208 valence electrons. The highest BCUT2D eigenvalue weighted by atomic mass is 32.1. The van der Waals surface area contributed by atoms with E-state index in [1.807, 2.05) is 41.3 Å². The minimum atomic E-state index is -0.159. The zero-order valence-corrected chi connectivity index (χ0v) is 24.5. The van der Waals surface area contributed by atoms with Crippen molar-refractivity contribution in [1.82, 2.24) is 9.80 Å². The third-order valence-electron chi connectivity index (χ3n) is 7.63. The molecule has 0 aliphatic carbocycles. The van der Waals surface area contributed by atoms with Crippen LogP contribution in [-0.2, 0) is 17.6 Å². The Morgan fingerprint density at radius 3 is 2.38 bits per heavy atom. The second-order valence-corrected chi connectivity index (χ2v) is 11.4. The van der Waals surface area contributed by atoms with E-state index in [1.165, 1.54) is 41.7 Å². The van der Waals surface area contributed by atoms with Crippen molar-refractivity contribution in [2.75, 3.05) is 26.7 Å². The van der Waals surface area contributed by atoms with Gasteiger partial charge in [-0.1, -0.05) is 63.8 Å². The molecule has 0 fully saturated rings. The molecule has 0 spiro atoms. The number of hydrogen-bond acceptors (Lipinski definition) is 4. The van der Waals surface area contributed by atoms with Gasteiger partial charge < -0.3 is 14.5 Å². The summed E-state index contributed by atoms with van der Waals surface area (Å²) < 4.78 is 5.36. The quantitative estimate of drug-likeness (QED) is 0.211. The van der Waals surface area contributed by atoms with Gasteiger partial charge in [-0.2, -0.15) is 0 Å². The molecule has 1 atom stereocenters. The molecule has 2 aromatic carbocycles. The fourth-order valence-corrected chi connectivity index (χ4v) is 6.24. The molecular weight excluding hydrogens is 504 g/mol. The summed E-state index contributed by atoms with van der Waals surface area (Å²) in [6.45, 7) is 5.64. The first-order valence-corrected chi connectivity index (χ1v) is 15.3. The monoisotopic (exact) mass is 546 g/mol. The van der Waals surface area contributed by atoms with Crippen LogP contribution in [-0.4, -0.2) is 48.4 Å². The van der Waals surface area contributed by atoms with Crippen LogP contribution >= 0.6 is 11.3 Å². The zero-order chi connectivity index (χ0) is 27.6. The summed E-state index contributed by atoms with van der Waals surface area (Å²) >= 11 is 1.75. The number of carbonyl (C=O) groups is 2. The topological polar surface area (TPSA) is 49.9 Å². The molecule has 2 heterocycles. The van der Waals surface area contributed by atoms with Gasteiger partial charge in [-0.15, -0.1) is 11.3 Å². The Balaban J connectivity index is 1.50. The number of methoxy groups -OCH3 is 1. The summed E-state index contributed by atoms with van der Waals surface area (Å²) in [6.07, 6.45) is 8.62. The maximum absolute atomic E-state index is 13.9. The van der Waals surface area contributed by atoms with Crippen LogP contribution in [0, 0.1) is 0 Å². The van der Waals surface area contributed by atoms with Gasteiger partial charge in [0.25, 0.3) is 5.91 Å². The number of thiophene rings is 1. The Labute approximate surface area is 237 Å². The van der Waals surface area contributed by atoms with Crippen molar-refractivity contribution < 1.29 is 14.3 Å². The lowest BCUT2D eigenvalue weighted by Crippen LogP contribution is -2.47. The average Bonchev–Trinajstić information content (AvgIpc) is 3.46. The van der Waals surface area contributed by atoms with Crippen LogP contribution < -0.4 is 4.74 Å². The standard InChI is InChI=1S/C33H42N2O3S/c1-4-6-8-9-10-25-11-13-27(14-12-25)33(37)34(21-7-5-2)24-31(36)35-22-19-30-29(20-23-39-30)32(35)26-15-17-28(38-3)18-16-26/h11-18,20,23,32H,4-10,19,21-22,24H2,1-3H3. The van der Waals surface area contributed by atoms with E-state index in [4.69, 9.17) is 4.74 Å². The van der Waals surface area contributed by atoms with Gasteiger partial charge in [0.15, 0.2) is 0 Å². The van der Waals surface area contributed by atoms with E-state index >= 15 is 0 Å². The Morgan fingerprint density at radius 2 is 1.69 bits per heavy atom. The molecule has 2 amide bonds. The van der Waals surface area contributed by atoms with Crippen molar-refractivity contribution in [1.29, 1.82) is 0 Å². The van der Waals surface area contributed by atoms with Crippen LogP contribution in [0.25, 0.3) is 0 Å². The zero-order valence-electron chi connectivity index (χ0n) is 23.7. The third-order valence-corrected chi connectivity index (χ3v) is 8.63. The fraction of sp³-hybridized carbons (Fsp3) is 0.455. The maximum Gasteiger partial charge on any atom is 0.254 e. The van der Waals surface area contributed by atoms with Gasteiger partial charge in [-0.05, 0) is 78.1 Å². The Kier molecular flexibility index (Phi) is 10.6. The summed E-state index contributed by atoms with van der Waals surface area (Å²) in [7, 11) is 1.66. The molecule has 4 rings (SSSR count). The van der Waals surface area contributed by atoms with Crippen molar-refractivity contribution in [2.45, 2.75) is 71.3 Å². The van der Waals surface area contributed by atoms with Crippen molar-refractivity contribution in [2.24, 2.45) is 0 Å². The van der Waals surface area contributed by atoms with Gasteiger partial charge in [0.1, 0.15) is 12.3 Å². The van der Waals surface area contributed by atoms with E-state index in [-0.39, 0.29) is 24.4 Å². The van der Waals surface area contributed by atoms with Gasteiger partial charge in [-0.3, -0.25) is 9.59 Å². The number of benzene rings is 2. The van der Waals surface area contributed by atoms with Crippen LogP contribution in [0.15, 0.2) is 60.0 Å². The van der Waals surface area contributed by atoms with E-state index in [2.05, 4.69) is 37.4 Å². The molecule has 0 saturated carbocycles. The smallest absolute Gasteiger partial charge is 0.254 e. The van der Waals surface area contributed by atoms with Gasteiger partial charge >= 0.3 is 0 Å². The number of fused-ring (bicyclic) bond motifs is 1. The molecule has 39 heavy (non-hydrogen) atoms. The van der Waals surface area contributed by atoms with Crippen molar-refractivity contribution in [3.8, 4) is 5.75 Å². The first kappa shape index (κ1) is 28.9. The fourth-order valence-electron chi connectivity index (χ4n) is 5.34. The second kappa shape index (κ2) is 14.3. The highest BCUT2D eigenvalue weighted by Gasteiger charge is 2.34. The number of rotatable bonds is 13. The SMILES string of the molecule is CCCCCCc1ccc(C(=O)N(CCCC)CC(=O)N2CCc3sccc3C2c2ccc(OC)cc2)cc1. The highest BCUT2D eigenvalue weighted by Crippen LogP contribution is 2.38. The lowest BCUT2D eigenvalue weighted by molar-refractivity contribution is -0.134. The molecule has 1 aliphatic rings. The minimum Gasteiger partial charge on any atom is -0.497 e. The first-order valence-electron chi connectivity index (χ1n) is 14.4. The number of unbranched alkanes of at least 4 members (excludes halogenated alkanes) is 4. The first-order chi connectivity index (χ1) is 19.0. The number of nitrogens with zero attached hydrogens (tertiary/aromatic N) is 2. The van der Waals surface area contributed by atoms with E-state index in [1.54, 1.807) is 23.3 Å².